The van der Waals surface area contributed by atoms with Crippen molar-refractivity contribution >= 4 is 0 Å². The van der Waals surface area contributed by atoms with Crippen molar-refractivity contribution in [3.05, 3.63) is 0 Å². The second-order valence-corrected chi connectivity index (χ2v) is 2.16. The molecule has 0 aliphatic carbocycles. The molecule has 6 N–H and O–H groups in total. The molecule has 2 nitrogen and oxygen atoms in total. The van der Waals surface area contributed by atoms with Crippen LogP contribution in [0.3, 0.4) is 0 Å². The summed E-state index contributed by atoms with van der Waals surface area (Å²) in [6, 6.07) is 0. The predicted octanol–water partition coefficient (Wildman–Crippen LogP) is -1.79. The lowest BCUT2D eigenvalue weighted by atomic mass is 10.3. The fourth-order valence-electron chi connectivity index (χ4n) is 0. The average Bonchev–Trinajstić information content (AvgIpc) is 0.722. The number of hydrogen-bond acceptors (Lipinski definition) is 0. The molecule has 0 bridgehead atoms. The van der Waals surface area contributed by atoms with E-state index < -0.39 is 0 Å². The molecule has 0 saturated carbocycles. The van der Waals surface area contributed by atoms with Crippen molar-refractivity contribution in [3.8, 4) is 0 Å². The third-order valence-electron chi connectivity index (χ3n) is 0. The Morgan fingerprint density at radius 1 is 1.20 bits per heavy atom. The van der Waals surface area contributed by atoms with E-state index in [1.165, 1.54) is 0 Å². The Balaban J connectivity index is 3.02. The Morgan fingerprint density at radius 2 is 1.20 bits per heavy atom. The molecule has 0 radical (unpaired) electrons. The Morgan fingerprint density at radius 3 is 1.20 bits per heavy atom. The average molecular weight is 76.1 g/mol. The molecule has 0 unspecified atom stereocenters. The van der Waals surface area contributed by atoms with Crippen LogP contribution in [0.2, 0.25) is 0 Å². The van der Waals surface area contributed by atoms with Gasteiger partial charge in [0.2, 0.25) is 5.66 Å². The second kappa shape index (κ2) is 0.954. The molecular formula is C3H12N2+2. The van der Waals surface area contributed by atoms with Crippen molar-refractivity contribution in [2.24, 2.45) is 0 Å². The Bertz CT molecular complexity index is 20.4. The standard InChI is InChI=1S/C3H10N2/c1-3(2,4)5/h4-5H2,1-2H3/p+2. The van der Waals surface area contributed by atoms with Gasteiger partial charge in [-0.2, -0.15) is 0 Å². The summed E-state index contributed by atoms with van der Waals surface area (Å²) in [5, 5.41) is 0. The van der Waals surface area contributed by atoms with Crippen molar-refractivity contribution < 1.29 is 11.5 Å². The van der Waals surface area contributed by atoms with Crippen LogP contribution in [0.25, 0.3) is 0 Å². The van der Waals surface area contributed by atoms with Crippen LogP contribution in [0.1, 0.15) is 13.8 Å². The predicted molar refractivity (Wildman–Crippen MR) is 19.9 cm³/mol. The van der Waals surface area contributed by atoms with Crippen LogP contribution >= 0.6 is 0 Å². The first kappa shape index (κ1) is 4.92. The van der Waals surface area contributed by atoms with Gasteiger partial charge in [-0.3, -0.25) is 0 Å². The summed E-state index contributed by atoms with van der Waals surface area (Å²) >= 11 is 0. The summed E-state index contributed by atoms with van der Waals surface area (Å²) in [5.41, 5.74) is 7.32. The minimum Gasteiger partial charge on any atom is -0.307 e. The van der Waals surface area contributed by atoms with Gasteiger partial charge in [-0.05, 0) is 0 Å². The quantitative estimate of drug-likeness (QED) is 0.320. The Labute approximate surface area is 32.1 Å². The monoisotopic (exact) mass is 76.1 g/mol. The van der Waals surface area contributed by atoms with Gasteiger partial charge >= 0.3 is 0 Å². The van der Waals surface area contributed by atoms with E-state index >= 15 is 0 Å². The van der Waals surface area contributed by atoms with Gasteiger partial charge in [0.05, 0.1) is 0 Å². The molecule has 0 amide bonds. The van der Waals surface area contributed by atoms with Crippen molar-refractivity contribution in [1.29, 1.82) is 0 Å². The lowest BCUT2D eigenvalue weighted by Crippen LogP contribution is -2.92. The smallest absolute Gasteiger partial charge is 0.210 e. The van der Waals surface area contributed by atoms with Crippen molar-refractivity contribution in [2.45, 2.75) is 19.5 Å². The van der Waals surface area contributed by atoms with Crippen LogP contribution in [0, 0.1) is 0 Å². The molecule has 0 aromatic rings. The summed E-state index contributed by atoms with van der Waals surface area (Å²) in [4.78, 5) is 0. The van der Waals surface area contributed by atoms with Gasteiger partial charge in [0.15, 0.2) is 0 Å². The summed E-state index contributed by atoms with van der Waals surface area (Å²) in [5.74, 6) is 0. The molecule has 0 rings (SSSR count). The minimum absolute atomic E-state index is 0. The normalized spacial score (nSPS) is 12.0. The van der Waals surface area contributed by atoms with Gasteiger partial charge in [-0.15, -0.1) is 0 Å². The zero-order chi connectivity index (χ0) is 4.50. The summed E-state index contributed by atoms with van der Waals surface area (Å²) < 4.78 is 0. The highest BCUT2D eigenvalue weighted by Gasteiger charge is 2.05. The highest BCUT2D eigenvalue weighted by molar-refractivity contribution is 4.31. The first-order valence-corrected chi connectivity index (χ1v) is 1.71. The van der Waals surface area contributed by atoms with Crippen LogP contribution in [-0.4, -0.2) is 5.66 Å². The summed E-state index contributed by atoms with van der Waals surface area (Å²) in [6.45, 7) is 3.93. The third kappa shape index (κ3) is 2260. The molecule has 0 spiro atoms. The molecule has 0 aromatic heterocycles. The van der Waals surface area contributed by atoms with Gasteiger partial charge in [0.1, 0.15) is 0 Å². The highest BCUT2D eigenvalue weighted by atomic mass is 14.9. The van der Waals surface area contributed by atoms with E-state index in [4.69, 9.17) is 0 Å². The molecular weight excluding hydrogens is 64.0 g/mol. The van der Waals surface area contributed by atoms with E-state index in [9.17, 15) is 0 Å². The second-order valence-electron chi connectivity index (χ2n) is 2.16. The summed E-state index contributed by atoms with van der Waals surface area (Å²) in [7, 11) is 0. The minimum atomic E-state index is 0. The van der Waals surface area contributed by atoms with E-state index in [0.29, 0.717) is 0 Å². The molecule has 32 valence electrons. The molecule has 2 heteroatoms. The Hall–Kier alpha value is -0.0800. The lowest BCUT2D eigenvalue weighted by Gasteiger charge is -1.98. The van der Waals surface area contributed by atoms with Crippen molar-refractivity contribution in [3.63, 3.8) is 0 Å². The zero-order valence-corrected chi connectivity index (χ0v) is 3.91. The highest BCUT2D eigenvalue weighted by Crippen LogP contribution is 1.67. The van der Waals surface area contributed by atoms with Gasteiger partial charge < -0.3 is 11.5 Å². The van der Waals surface area contributed by atoms with Crippen LogP contribution in [-0.2, 0) is 0 Å². The zero-order valence-electron chi connectivity index (χ0n) is 3.91. The molecule has 0 fully saturated rings. The van der Waals surface area contributed by atoms with E-state index in [1.807, 2.05) is 13.8 Å². The maximum absolute atomic E-state index is 3.66. The lowest BCUT2D eigenvalue weighted by molar-refractivity contribution is -0.708. The van der Waals surface area contributed by atoms with Gasteiger partial charge in [0, 0.05) is 13.8 Å². The first-order chi connectivity index (χ1) is 2.00. The third-order valence-corrected chi connectivity index (χ3v) is 0. The fraction of sp³-hybridized carbons (Fsp3) is 1.00. The van der Waals surface area contributed by atoms with Crippen LogP contribution in [0.4, 0.5) is 0 Å². The van der Waals surface area contributed by atoms with Gasteiger partial charge in [-0.1, -0.05) is 0 Å². The summed E-state index contributed by atoms with van der Waals surface area (Å²) in [6.07, 6.45) is 0. The SMILES string of the molecule is CC(C)([NH3+])[NH3+]. The van der Waals surface area contributed by atoms with E-state index in [2.05, 4.69) is 11.5 Å². The molecule has 5 heavy (non-hydrogen) atoms. The molecule has 0 atom stereocenters. The number of rotatable bonds is 0. The molecule has 0 heterocycles. The molecule has 0 aliphatic rings. The van der Waals surface area contributed by atoms with Crippen molar-refractivity contribution in [2.75, 3.05) is 0 Å². The first-order valence-electron chi connectivity index (χ1n) is 1.71. The van der Waals surface area contributed by atoms with Crippen molar-refractivity contribution in [1.82, 2.24) is 0 Å². The van der Waals surface area contributed by atoms with E-state index in [0.717, 1.165) is 0 Å². The van der Waals surface area contributed by atoms with Gasteiger partial charge in [-0.25, -0.2) is 0 Å². The number of quaternary nitrogens is 2. The molecule has 0 aromatic carbocycles. The molecule has 0 aliphatic heterocycles. The Kier molecular flexibility index (Phi) is 0.938. The fourth-order valence-corrected chi connectivity index (χ4v) is 0. The largest absolute Gasteiger partial charge is 0.307 e. The topological polar surface area (TPSA) is 55.3 Å². The van der Waals surface area contributed by atoms with E-state index in [1.54, 1.807) is 0 Å². The van der Waals surface area contributed by atoms with E-state index in [-0.39, 0.29) is 5.66 Å². The van der Waals surface area contributed by atoms with Gasteiger partial charge in [0.25, 0.3) is 0 Å². The van der Waals surface area contributed by atoms with Crippen LogP contribution in [0.15, 0.2) is 0 Å². The van der Waals surface area contributed by atoms with Crippen LogP contribution < -0.4 is 11.5 Å². The maximum Gasteiger partial charge on any atom is 0.210 e. The molecule has 0 saturated heterocycles. The van der Waals surface area contributed by atoms with Crippen LogP contribution in [0.5, 0.6) is 0 Å². The maximum atomic E-state index is 3.66. The number of hydrogen-bond donors (Lipinski definition) is 2.